The number of fused-ring (bicyclic) bond motifs is 1. The van der Waals surface area contributed by atoms with Crippen LogP contribution in [0.4, 0.5) is 16.2 Å². The highest BCUT2D eigenvalue weighted by atomic mass is 16.6. The minimum atomic E-state index is -0.538. The van der Waals surface area contributed by atoms with Crippen LogP contribution in [0.25, 0.3) is 0 Å². The van der Waals surface area contributed by atoms with Crippen LogP contribution in [0.3, 0.4) is 0 Å². The molecule has 0 bridgehead atoms. The van der Waals surface area contributed by atoms with Gasteiger partial charge in [-0.3, -0.25) is 10.1 Å². The van der Waals surface area contributed by atoms with Gasteiger partial charge < -0.3 is 24.4 Å². The van der Waals surface area contributed by atoms with Gasteiger partial charge in [0, 0.05) is 19.2 Å². The molecule has 2 aromatic rings. The second-order valence-corrected chi connectivity index (χ2v) is 5.95. The lowest BCUT2D eigenvalue weighted by Gasteiger charge is -2.29. The van der Waals surface area contributed by atoms with Crippen molar-refractivity contribution in [2.24, 2.45) is 0 Å². The van der Waals surface area contributed by atoms with Crippen molar-refractivity contribution in [1.29, 1.82) is 0 Å². The molecule has 0 radical (unpaired) electrons. The van der Waals surface area contributed by atoms with E-state index < -0.39 is 11.0 Å². The Bertz CT molecular complexity index is 857. The molecule has 9 heteroatoms. The molecule has 2 amide bonds. The standard InChI is InChI=1S/C18H19N3O6/c1-20(10-13-11-26-16-5-3-4-6-17(16)27-13)18(22)19-14-9-12(21(23)24)7-8-15(14)25-2/h3-9,13H,10-11H2,1-2H3,(H,19,22)/t13-/m1/s1. The molecule has 0 aliphatic carbocycles. The number of hydrogen-bond donors (Lipinski definition) is 1. The number of likely N-dealkylation sites (N-methyl/N-ethyl adjacent to an activating group) is 1. The molecule has 0 saturated carbocycles. The summed E-state index contributed by atoms with van der Waals surface area (Å²) in [4.78, 5) is 24.3. The van der Waals surface area contributed by atoms with Crippen molar-refractivity contribution in [1.82, 2.24) is 4.90 Å². The van der Waals surface area contributed by atoms with Gasteiger partial charge in [-0.25, -0.2) is 4.79 Å². The summed E-state index contributed by atoms with van der Waals surface area (Å²) in [5.41, 5.74) is 0.0732. The fourth-order valence-corrected chi connectivity index (χ4v) is 2.66. The van der Waals surface area contributed by atoms with Crippen molar-refractivity contribution in [3.05, 3.63) is 52.6 Å². The predicted molar refractivity (Wildman–Crippen MR) is 97.7 cm³/mol. The number of urea groups is 1. The van der Waals surface area contributed by atoms with E-state index in [1.54, 1.807) is 13.1 Å². The molecular formula is C18H19N3O6. The number of para-hydroxylation sites is 2. The number of carbonyl (C=O) groups excluding carboxylic acids is 1. The van der Waals surface area contributed by atoms with E-state index in [1.807, 2.05) is 18.2 Å². The molecule has 1 aliphatic heterocycles. The Labute approximate surface area is 155 Å². The SMILES string of the molecule is COc1ccc([N+](=O)[O-])cc1NC(=O)N(C)C[C@@H]1COc2ccccc2O1. The molecule has 1 N–H and O–H groups in total. The maximum absolute atomic E-state index is 12.5. The third kappa shape index (κ3) is 4.20. The molecule has 0 unspecified atom stereocenters. The lowest BCUT2D eigenvalue weighted by atomic mass is 10.2. The molecule has 0 aromatic heterocycles. The van der Waals surface area contributed by atoms with Gasteiger partial charge in [0.1, 0.15) is 12.4 Å². The molecular weight excluding hydrogens is 354 g/mol. The molecule has 9 nitrogen and oxygen atoms in total. The van der Waals surface area contributed by atoms with E-state index in [0.29, 0.717) is 23.9 Å². The van der Waals surface area contributed by atoms with E-state index in [4.69, 9.17) is 14.2 Å². The monoisotopic (exact) mass is 373 g/mol. The Morgan fingerprint density at radius 3 is 2.78 bits per heavy atom. The first-order valence-corrected chi connectivity index (χ1v) is 8.21. The predicted octanol–water partition coefficient (Wildman–Crippen LogP) is 2.91. The number of benzene rings is 2. The van der Waals surface area contributed by atoms with E-state index in [9.17, 15) is 14.9 Å². The maximum Gasteiger partial charge on any atom is 0.321 e. The number of methoxy groups -OCH3 is 1. The number of amides is 2. The Balaban J connectivity index is 1.65. The molecule has 0 fully saturated rings. The first-order valence-electron chi connectivity index (χ1n) is 8.21. The van der Waals surface area contributed by atoms with E-state index in [-0.39, 0.29) is 24.0 Å². The zero-order chi connectivity index (χ0) is 19.4. The van der Waals surface area contributed by atoms with Crippen LogP contribution >= 0.6 is 0 Å². The Morgan fingerprint density at radius 2 is 2.07 bits per heavy atom. The van der Waals surface area contributed by atoms with Gasteiger partial charge in [0.2, 0.25) is 0 Å². The van der Waals surface area contributed by atoms with Gasteiger partial charge in [-0.1, -0.05) is 12.1 Å². The third-order valence-electron chi connectivity index (χ3n) is 4.03. The van der Waals surface area contributed by atoms with Crippen molar-refractivity contribution in [2.45, 2.75) is 6.10 Å². The van der Waals surface area contributed by atoms with Gasteiger partial charge in [-0.2, -0.15) is 0 Å². The molecule has 1 aliphatic rings. The van der Waals surface area contributed by atoms with Gasteiger partial charge in [0.15, 0.2) is 17.6 Å². The molecule has 142 valence electrons. The van der Waals surface area contributed by atoms with Crippen molar-refractivity contribution < 1.29 is 23.9 Å². The first-order chi connectivity index (χ1) is 13.0. The highest BCUT2D eigenvalue weighted by Crippen LogP contribution is 2.31. The number of anilines is 1. The molecule has 1 atom stereocenters. The van der Waals surface area contributed by atoms with Gasteiger partial charge in [0.25, 0.3) is 5.69 Å². The quantitative estimate of drug-likeness (QED) is 0.638. The summed E-state index contributed by atoms with van der Waals surface area (Å²) in [5, 5.41) is 13.6. The van der Waals surface area contributed by atoms with Gasteiger partial charge in [0.05, 0.1) is 24.3 Å². The highest BCUT2D eigenvalue weighted by molar-refractivity contribution is 5.91. The molecule has 2 aromatic carbocycles. The van der Waals surface area contributed by atoms with Crippen LogP contribution in [0.15, 0.2) is 42.5 Å². The summed E-state index contributed by atoms with van der Waals surface area (Å²) in [7, 11) is 3.02. The number of nitrogens with one attached hydrogen (secondary N) is 1. The summed E-state index contributed by atoms with van der Waals surface area (Å²) < 4.78 is 16.6. The summed E-state index contributed by atoms with van der Waals surface area (Å²) in [6.07, 6.45) is -0.331. The van der Waals surface area contributed by atoms with E-state index >= 15 is 0 Å². The topological polar surface area (TPSA) is 103 Å². The van der Waals surface area contributed by atoms with Crippen LogP contribution in [0, 0.1) is 10.1 Å². The zero-order valence-corrected chi connectivity index (χ0v) is 14.9. The van der Waals surface area contributed by atoms with Crippen molar-refractivity contribution in [2.75, 3.05) is 32.6 Å². The van der Waals surface area contributed by atoms with E-state index in [1.165, 1.54) is 30.2 Å². The average Bonchev–Trinajstić information content (AvgIpc) is 2.67. The summed E-state index contributed by atoms with van der Waals surface area (Å²) in [6.45, 7) is 0.589. The molecule has 3 rings (SSSR count). The Kier molecular flexibility index (Phi) is 5.30. The number of nitro benzene ring substituents is 1. The van der Waals surface area contributed by atoms with Gasteiger partial charge >= 0.3 is 6.03 Å². The largest absolute Gasteiger partial charge is 0.495 e. The smallest absolute Gasteiger partial charge is 0.321 e. The van der Waals surface area contributed by atoms with E-state index in [0.717, 1.165) is 0 Å². The zero-order valence-electron chi connectivity index (χ0n) is 14.9. The molecule has 27 heavy (non-hydrogen) atoms. The normalized spacial score (nSPS) is 15.0. The molecule has 0 spiro atoms. The number of carbonyl (C=O) groups is 1. The lowest BCUT2D eigenvalue weighted by molar-refractivity contribution is -0.384. The number of ether oxygens (including phenoxy) is 3. The first kappa shape index (κ1) is 18.3. The van der Waals surface area contributed by atoms with Gasteiger partial charge in [-0.05, 0) is 18.2 Å². The van der Waals surface area contributed by atoms with Crippen molar-refractivity contribution in [3.63, 3.8) is 0 Å². The van der Waals surface area contributed by atoms with Crippen LogP contribution in [-0.4, -0.2) is 49.3 Å². The van der Waals surface area contributed by atoms with Crippen molar-refractivity contribution in [3.8, 4) is 17.2 Å². The van der Waals surface area contributed by atoms with Crippen LogP contribution in [-0.2, 0) is 0 Å². The van der Waals surface area contributed by atoms with E-state index in [2.05, 4.69) is 5.32 Å². The summed E-state index contributed by atoms with van der Waals surface area (Å²) >= 11 is 0. The molecule has 0 saturated heterocycles. The van der Waals surface area contributed by atoms with Crippen molar-refractivity contribution >= 4 is 17.4 Å². The van der Waals surface area contributed by atoms with Gasteiger partial charge in [-0.15, -0.1) is 0 Å². The molecule has 1 heterocycles. The average molecular weight is 373 g/mol. The minimum Gasteiger partial charge on any atom is -0.495 e. The number of non-ortho nitro benzene ring substituents is 1. The van der Waals surface area contributed by atoms with Crippen LogP contribution < -0.4 is 19.5 Å². The Hall–Kier alpha value is -3.49. The second-order valence-electron chi connectivity index (χ2n) is 5.95. The Morgan fingerprint density at radius 1 is 1.33 bits per heavy atom. The summed E-state index contributed by atoms with van der Waals surface area (Å²) in [5.74, 6) is 1.62. The van der Waals surface area contributed by atoms with Crippen LogP contribution in [0.5, 0.6) is 17.2 Å². The maximum atomic E-state index is 12.5. The van der Waals surface area contributed by atoms with Crippen LogP contribution in [0.1, 0.15) is 0 Å². The minimum absolute atomic E-state index is 0.144. The fraction of sp³-hybridized carbons (Fsp3) is 0.278. The lowest BCUT2D eigenvalue weighted by Crippen LogP contribution is -2.43. The van der Waals surface area contributed by atoms with Crippen LogP contribution in [0.2, 0.25) is 0 Å². The fourth-order valence-electron chi connectivity index (χ4n) is 2.66. The number of rotatable bonds is 5. The second kappa shape index (κ2) is 7.81. The third-order valence-corrected chi connectivity index (χ3v) is 4.03. The number of nitrogens with zero attached hydrogens (tertiary/aromatic N) is 2. The number of nitro groups is 1. The highest BCUT2D eigenvalue weighted by Gasteiger charge is 2.24. The summed E-state index contributed by atoms with van der Waals surface area (Å²) in [6, 6.07) is 10.9. The number of hydrogen-bond acceptors (Lipinski definition) is 6.